The third-order valence-corrected chi connectivity index (χ3v) is 6.97. The standard InChI is InChI=1S/C29H37F3N6O3/c1-18(2)22-14-23(24(39)15-25(22)41-5)26-34-35-27(28(40)33-19(3)4)38(26)21-8-6-20(7-9-21)16-36-10-12-37(13-11-36)17-29(30,31)32/h6-9,14-15,18-19,39H,10-13,16-17H2,1-5H3,(H,33,40). The predicted molar refractivity (Wildman–Crippen MR) is 149 cm³/mol. The number of benzene rings is 2. The largest absolute Gasteiger partial charge is 0.507 e. The van der Waals surface area contributed by atoms with Gasteiger partial charge in [0.25, 0.3) is 5.91 Å². The zero-order valence-corrected chi connectivity index (χ0v) is 24.0. The van der Waals surface area contributed by atoms with Crippen molar-refractivity contribution in [2.24, 2.45) is 0 Å². The molecule has 0 bridgehead atoms. The average molecular weight is 575 g/mol. The van der Waals surface area contributed by atoms with Crippen molar-refractivity contribution in [3.05, 3.63) is 53.3 Å². The van der Waals surface area contributed by atoms with Crippen molar-refractivity contribution in [2.75, 3.05) is 39.8 Å². The van der Waals surface area contributed by atoms with Crippen molar-refractivity contribution in [1.82, 2.24) is 29.9 Å². The van der Waals surface area contributed by atoms with E-state index in [2.05, 4.69) is 20.4 Å². The van der Waals surface area contributed by atoms with Crippen LogP contribution >= 0.6 is 0 Å². The molecule has 1 saturated heterocycles. The predicted octanol–water partition coefficient (Wildman–Crippen LogP) is 4.59. The van der Waals surface area contributed by atoms with Crippen molar-refractivity contribution in [1.29, 1.82) is 0 Å². The fourth-order valence-corrected chi connectivity index (χ4v) is 4.94. The van der Waals surface area contributed by atoms with Gasteiger partial charge in [-0.1, -0.05) is 26.0 Å². The van der Waals surface area contributed by atoms with E-state index in [1.807, 2.05) is 52.0 Å². The molecule has 1 fully saturated rings. The van der Waals surface area contributed by atoms with Crippen LogP contribution in [0.25, 0.3) is 17.1 Å². The monoisotopic (exact) mass is 574 g/mol. The van der Waals surface area contributed by atoms with Crippen LogP contribution in [0, 0.1) is 0 Å². The van der Waals surface area contributed by atoms with Crippen LogP contribution < -0.4 is 10.1 Å². The van der Waals surface area contributed by atoms with Gasteiger partial charge in [-0.05, 0) is 49.1 Å². The molecule has 41 heavy (non-hydrogen) atoms. The number of carbonyl (C=O) groups is 1. The Morgan fingerprint density at radius 1 is 1.02 bits per heavy atom. The molecule has 1 aromatic heterocycles. The van der Waals surface area contributed by atoms with Crippen LogP contribution in [-0.2, 0) is 6.54 Å². The number of ether oxygens (including phenoxy) is 1. The molecule has 0 atom stereocenters. The Morgan fingerprint density at radius 2 is 1.66 bits per heavy atom. The lowest BCUT2D eigenvalue weighted by Gasteiger charge is -2.35. The highest BCUT2D eigenvalue weighted by Crippen LogP contribution is 2.38. The maximum atomic E-state index is 13.1. The third-order valence-electron chi connectivity index (χ3n) is 6.97. The molecular formula is C29H37F3N6O3. The molecule has 0 unspecified atom stereocenters. The zero-order valence-electron chi connectivity index (χ0n) is 24.0. The lowest BCUT2D eigenvalue weighted by atomic mass is 9.98. The van der Waals surface area contributed by atoms with Crippen LogP contribution in [0.2, 0.25) is 0 Å². The SMILES string of the molecule is COc1cc(O)c(-c2nnc(C(=O)NC(C)C)n2-c2ccc(CN3CCN(CC(F)(F)F)CC3)cc2)cc1C(C)C. The molecule has 4 rings (SSSR count). The van der Waals surface area contributed by atoms with Crippen LogP contribution in [0.15, 0.2) is 36.4 Å². The van der Waals surface area contributed by atoms with Gasteiger partial charge in [-0.3, -0.25) is 19.2 Å². The van der Waals surface area contributed by atoms with Crippen molar-refractivity contribution in [2.45, 2.75) is 52.4 Å². The Kier molecular flexibility index (Phi) is 9.23. The first-order valence-corrected chi connectivity index (χ1v) is 13.6. The molecule has 0 radical (unpaired) electrons. The number of halogens is 3. The lowest BCUT2D eigenvalue weighted by molar-refractivity contribution is -0.149. The fourth-order valence-electron chi connectivity index (χ4n) is 4.94. The van der Waals surface area contributed by atoms with E-state index in [9.17, 15) is 23.1 Å². The smallest absolute Gasteiger partial charge is 0.401 e. The van der Waals surface area contributed by atoms with E-state index in [1.165, 1.54) is 11.0 Å². The van der Waals surface area contributed by atoms with Crippen LogP contribution in [0.1, 0.15) is 55.4 Å². The summed E-state index contributed by atoms with van der Waals surface area (Å²) in [5.41, 5.74) is 2.88. The van der Waals surface area contributed by atoms with Crippen LogP contribution in [0.5, 0.6) is 11.5 Å². The number of aromatic hydroxyl groups is 1. The zero-order chi connectivity index (χ0) is 29.9. The number of amides is 1. The summed E-state index contributed by atoms with van der Waals surface area (Å²) in [4.78, 5) is 16.6. The van der Waals surface area contributed by atoms with Gasteiger partial charge in [0, 0.05) is 50.5 Å². The number of methoxy groups -OCH3 is 1. The molecule has 12 heteroatoms. The van der Waals surface area contributed by atoms with E-state index >= 15 is 0 Å². The minimum Gasteiger partial charge on any atom is -0.507 e. The molecule has 2 aromatic carbocycles. The van der Waals surface area contributed by atoms with Gasteiger partial charge in [-0.25, -0.2) is 0 Å². The summed E-state index contributed by atoms with van der Waals surface area (Å²) in [5, 5.41) is 22.3. The molecule has 0 aliphatic carbocycles. The van der Waals surface area contributed by atoms with E-state index in [0.717, 1.165) is 11.1 Å². The second kappa shape index (κ2) is 12.5. The lowest BCUT2D eigenvalue weighted by Crippen LogP contribution is -2.48. The number of nitrogens with one attached hydrogen (secondary N) is 1. The molecule has 9 nitrogen and oxygen atoms in total. The molecule has 2 heterocycles. The van der Waals surface area contributed by atoms with Gasteiger partial charge in [0.05, 0.1) is 19.2 Å². The molecule has 2 N–H and O–H groups in total. The van der Waals surface area contributed by atoms with Crippen molar-refractivity contribution in [3.63, 3.8) is 0 Å². The van der Waals surface area contributed by atoms with Gasteiger partial charge in [0.15, 0.2) is 5.82 Å². The Morgan fingerprint density at radius 3 is 2.22 bits per heavy atom. The molecule has 3 aromatic rings. The number of phenolic OH excluding ortho intramolecular Hbond substituents is 1. The summed E-state index contributed by atoms with van der Waals surface area (Å²) >= 11 is 0. The first kappa shape index (κ1) is 30.3. The first-order valence-electron chi connectivity index (χ1n) is 13.6. The second-order valence-corrected chi connectivity index (χ2v) is 10.9. The summed E-state index contributed by atoms with van der Waals surface area (Å²) in [6.07, 6.45) is -4.19. The number of rotatable bonds is 9. The summed E-state index contributed by atoms with van der Waals surface area (Å²) in [6, 6.07) is 10.7. The first-order chi connectivity index (χ1) is 19.4. The number of carbonyl (C=O) groups excluding carboxylic acids is 1. The maximum absolute atomic E-state index is 13.1. The molecule has 1 aliphatic heterocycles. The van der Waals surface area contributed by atoms with Gasteiger partial charge in [-0.15, -0.1) is 10.2 Å². The fraction of sp³-hybridized carbons (Fsp3) is 0.483. The summed E-state index contributed by atoms with van der Waals surface area (Å²) in [5.74, 6) is 0.555. The van der Waals surface area contributed by atoms with E-state index in [0.29, 0.717) is 55.5 Å². The molecule has 0 spiro atoms. The minimum absolute atomic E-state index is 0.0583. The number of phenols is 1. The van der Waals surface area contributed by atoms with Crippen LogP contribution in [0.4, 0.5) is 13.2 Å². The van der Waals surface area contributed by atoms with E-state index in [-0.39, 0.29) is 23.5 Å². The second-order valence-electron chi connectivity index (χ2n) is 10.9. The summed E-state index contributed by atoms with van der Waals surface area (Å²) in [6.45, 7) is 9.24. The van der Waals surface area contributed by atoms with E-state index in [4.69, 9.17) is 4.74 Å². The number of nitrogens with zero attached hydrogens (tertiary/aromatic N) is 5. The summed E-state index contributed by atoms with van der Waals surface area (Å²) in [7, 11) is 1.54. The van der Waals surface area contributed by atoms with Gasteiger partial charge in [0.2, 0.25) is 5.82 Å². The highest BCUT2D eigenvalue weighted by molar-refractivity contribution is 5.92. The van der Waals surface area contributed by atoms with Crippen molar-refractivity contribution >= 4 is 5.91 Å². The van der Waals surface area contributed by atoms with Gasteiger partial charge in [-0.2, -0.15) is 13.2 Å². The van der Waals surface area contributed by atoms with Crippen molar-refractivity contribution in [3.8, 4) is 28.6 Å². The molecule has 1 aliphatic rings. The van der Waals surface area contributed by atoms with E-state index < -0.39 is 18.6 Å². The Bertz CT molecular complexity index is 1350. The number of hydrogen-bond donors (Lipinski definition) is 2. The number of hydrogen-bond acceptors (Lipinski definition) is 7. The number of piperazine rings is 1. The van der Waals surface area contributed by atoms with Crippen LogP contribution in [0.3, 0.4) is 0 Å². The van der Waals surface area contributed by atoms with Gasteiger partial charge < -0.3 is 15.2 Å². The Hall–Kier alpha value is -3.64. The topological polar surface area (TPSA) is 95.8 Å². The Balaban J connectivity index is 1.64. The molecular weight excluding hydrogens is 537 g/mol. The molecule has 0 saturated carbocycles. The third kappa shape index (κ3) is 7.36. The minimum atomic E-state index is -4.19. The Labute approximate surface area is 237 Å². The number of aromatic nitrogens is 3. The average Bonchev–Trinajstić information content (AvgIpc) is 3.34. The summed E-state index contributed by atoms with van der Waals surface area (Å²) < 4.78 is 45.2. The number of alkyl halides is 3. The van der Waals surface area contributed by atoms with Crippen LogP contribution in [-0.4, -0.2) is 87.6 Å². The quantitative estimate of drug-likeness (QED) is 0.386. The maximum Gasteiger partial charge on any atom is 0.401 e. The van der Waals surface area contributed by atoms with Gasteiger partial charge in [0.1, 0.15) is 11.5 Å². The van der Waals surface area contributed by atoms with E-state index in [1.54, 1.807) is 17.7 Å². The molecule has 222 valence electrons. The highest BCUT2D eigenvalue weighted by Gasteiger charge is 2.32. The normalized spacial score (nSPS) is 15.1. The van der Waals surface area contributed by atoms with Gasteiger partial charge >= 0.3 is 6.18 Å². The van der Waals surface area contributed by atoms with Crippen molar-refractivity contribution < 1.29 is 27.8 Å². The highest BCUT2D eigenvalue weighted by atomic mass is 19.4. The molecule has 1 amide bonds.